The molecule has 2 atom stereocenters. The SMILES string of the molecule is CC(NC1CCCc2occc21)c1cc(F)cc(F)c1. The van der Waals surface area contributed by atoms with Gasteiger partial charge in [0.1, 0.15) is 17.4 Å². The Bertz CT molecular complexity index is 588. The number of nitrogens with one attached hydrogen (secondary N) is 1. The molecular weight excluding hydrogens is 260 g/mol. The highest BCUT2D eigenvalue weighted by Crippen LogP contribution is 2.32. The van der Waals surface area contributed by atoms with Crippen molar-refractivity contribution in [3.8, 4) is 0 Å². The van der Waals surface area contributed by atoms with Gasteiger partial charge in [0.2, 0.25) is 0 Å². The Hall–Kier alpha value is -1.68. The molecule has 4 heteroatoms. The number of hydrogen-bond acceptors (Lipinski definition) is 2. The highest BCUT2D eigenvalue weighted by atomic mass is 19.1. The molecule has 1 aliphatic rings. The first-order valence-corrected chi connectivity index (χ1v) is 6.92. The molecule has 1 aromatic heterocycles. The zero-order valence-electron chi connectivity index (χ0n) is 11.3. The Labute approximate surface area is 116 Å². The van der Waals surface area contributed by atoms with Crippen molar-refractivity contribution in [1.82, 2.24) is 5.32 Å². The lowest BCUT2D eigenvalue weighted by Gasteiger charge is -2.26. The molecule has 1 aliphatic carbocycles. The van der Waals surface area contributed by atoms with Gasteiger partial charge in [-0.1, -0.05) is 0 Å². The van der Waals surface area contributed by atoms with Crippen molar-refractivity contribution in [2.24, 2.45) is 0 Å². The molecule has 20 heavy (non-hydrogen) atoms. The van der Waals surface area contributed by atoms with Crippen molar-refractivity contribution < 1.29 is 13.2 Å². The van der Waals surface area contributed by atoms with Gasteiger partial charge in [-0.05, 0) is 43.5 Å². The Balaban J connectivity index is 1.78. The predicted molar refractivity (Wildman–Crippen MR) is 72.3 cm³/mol. The van der Waals surface area contributed by atoms with Gasteiger partial charge in [-0.2, -0.15) is 0 Å². The lowest BCUT2D eigenvalue weighted by molar-refractivity contribution is 0.384. The Morgan fingerprint density at radius 3 is 2.75 bits per heavy atom. The van der Waals surface area contributed by atoms with Crippen LogP contribution in [-0.2, 0) is 6.42 Å². The standard InChI is InChI=1S/C16H17F2NO/c1-10(11-7-12(17)9-13(18)8-11)19-15-3-2-4-16-14(15)5-6-20-16/h5-10,15,19H,2-4H2,1H3. The summed E-state index contributed by atoms with van der Waals surface area (Å²) in [5.41, 5.74) is 1.79. The third-order valence-corrected chi connectivity index (χ3v) is 3.89. The fourth-order valence-electron chi connectivity index (χ4n) is 2.88. The summed E-state index contributed by atoms with van der Waals surface area (Å²) in [4.78, 5) is 0. The molecule has 2 unspecified atom stereocenters. The van der Waals surface area contributed by atoms with Gasteiger partial charge >= 0.3 is 0 Å². The number of furan rings is 1. The fraction of sp³-hybridized carbons (Fsp3) is 0.375. The smallest absolute Gasteiger partial charge is 0.126 e. The lowest BCUT2D eigenvalue weighted by Crippen LogP contribution is -2.27. The molecule has 2 nitrogen and oxygen atoms in total. The van der Waals surface area contributed by atoms with Crippen molar-refractivity contribution in [3.63, 3.8) is 0 Å². The van der Waals surface area contributed by atoms with E-state index in [1.54, 1.807) is 6.26 Å². The number of fused-ring (bicyclic) bond motifs is 1. The zero-order valence-corrected chi connectivity index (χ0v) is 11.3. The molecule has 106 valence electrons. The van der Waals surface area contributed by atoms with Crippen molar-refractivity contribution in [3.05, 3.63) is 59.1 Å². The molecule has 0 amide bonds. The topological polar surface area (TPSA) is 25.2 Å². The molecule has 0 spiro atoms. The summed E-state index contributed by atoms with van der Waals surface area (Å²) >= 11 is 0. The molecule has 1 heterocycles. The molecule has 0 saturated heterocycles. The second kappa shape index (κ2) is 5.37. The molecule has 0 radical (unpaired) electrons. The van der Waals surface area contributed by atoms with E-state index in [0.29, 0.717) is 5.56 Å². The minimum absolute atomic E-state index is 0.119. The first-order valence-electron chi connectivity index (χ1n) is 6.92. The monoisotopic (exact) mass is 277 g/mol. The van der Waals surface area contributed by atoms with Gasteiger partial charge in [0, 0.05) is 30.1 Å². The van der Waals surface area contributed by atoms with Gasteiger partial charge in [0.25, 0.3) is 0 Å². The minimum atomic E-state index is -0.540. The van der Waals surface area contributed by atoms with Crippen molar-refractivity contribution in [2.45, 2.75) is 38.3 Å². The van der Waals surface area contributed by atoms with Gasteiger partial charge < -0.3 is 9.73 Å². The van der Waals surface area contributed by atoms with Crippen molar-refractivity contribution in [1.29, 1.82) is 0 Å². The summed E-state index contributed by atoms with van der Waals surface area (Å²) in [5, 5.41) is 3.44. The second-order valence-corrected chi connectivity index (χ2v) is 5.34. The summed E-state index contributed by atoms with van der Waals surface area (Å²) in [7, 11) is 0. The molecule has 0 aliphatic heterocycles. The van der Waals surface area contributed by atoms with Crippen LogP contribution in [0.15, 0.2) is 34.9 Å². The maximum Gasteiger partial charge on any atom is 0.126 e. The van der Waals surface area contributed by atoms with Crippen LogP contribution in [0.3, 0.4) is 0 Å². The Kier molecular flexibility index (Phi) is 3.57. The predicted octanol–water partition coefficient (Wildman–Crippen LogP) is 4.29. The van der Waals surface area contributed by atoms with E-state index in [1.807, 2.05) is 13.0 Å². The molecule has 0 fully saturated rings. The van der Waals surface area contributed by atoms with Crippen LogP contribution >= 0.6 is 0 Å². The van der Waals surface area contributed by atoms with E-state index in [-0.39, 0.29) is 12.1 Å². The normalized spacial score (nSPS) is 19.6. The number of hydrogen-bond donors (Lipinski definition) is 1. The van der Waals surface area contributed by atoms with E-state index in [4.69, 9.17) is 4.42 Å². The maximum absolute atomic E-state index is 13.3. The summed E-state index contributed by atoms with van der Waals surface area (Å²) in [6, 6.07) is 5.68. The lowest BCUT2D eigenvalue weighted by atomic mass is 9.92. The van der Waals surface area contributed by atoms with Gasteiger partial charge in [-0.15, -0.1) is 0 Å². The van der Waals surface area contributed by atoms with Crippen LogP contribution in [0.25, 0.3) is 0 Å². The van der Waals surface area contributed by atoms with Crippen LogP contribution < -0.4 is 5.32 Å². The molecule has 0 bridgehead atoms. The first kappa shape index (κ1) is 13.3. The van der Waals surface area contributed by atoms with Crippen LogP contribution in [-0.4, -0.2) is 0 Å². The summed E-state index contributed by atoms with van der Waals surface area (Å²) in [5.74, 6) is -0.0611. The molecule has 2 aromatic rings. The van der Waals surface area contributed by atoms with Crippen molar-refractivity contribution >= 4 is 0 Å². The fourth-order valence-corrected chi connectivity index (χ4v) is 2.88. The third kappa shape index (κ3) is 2.61. The van der Waals surface area contributed by atoms with E-state index in [1.165, 1.54) is 17.7 Å². The van der Waals surface area contributed by atoms with Crippen LogP contribution in [0.4, 0.5) is 8.78 Å². The first-order chi connectivity index (χ1) is 9.63. The van der Waals surface area contributed by atoms with Crippen LogP contribution in [0.5, 0.6) is 0 Å². The molecule has 3 rings (SSSR count). The molecule has 1 aromatic carbocycles. The molecule has 0 saturated carbocycles. The van der Waals surface area contributed by atoms with E-state index in [2.05, 4.69) is 5.32 Å². The number of rotatable bonds is 3. The zero-order chi connectivity index (χ0) is 14.1. The average Bonchev–Trinajstić information content (AvgIpc) is 2.87. The Morgan fingerprint density at radius 1 is 1.25 bits per heavy atom. The number of aryl methyl sites for hydroxylation is 1. The summed E-state index contributed by atoms with van der Waals surface area (Å²) in [6.07, 6.45) is 4.73. The van der Waals surface area contributed by atoms with Gasteiger partial charge in [-0.25, -0.2) is 8.78 Å². The van der Waals surface area contributed by atoms with Gasteiger partial charge in [0.05, 0.1) is 6.26 Å². The maximum atomic E-state index is 13.3. The van der Waals surface area contributed by atoms with E-state index in [0.717, 1.165) is 31.1 Å². The van der Waals surface area contributed by atoms with Crippen molar-refractivity contribution in [2.75, 3.05) is 0 Å². The number of benzene rings is 1. The average molecular weight is 277 g/mol. The van der Waals surface area contributed by atoms with Gasteiger partial charge in [-0.3, -0.25) is 0 Å². The second-order valence-electron chi connectivity index (χ2n) is 5.34. The van der Waals surface area contributed by atoms with E-state index < -0.39 is 11.6 Å². The van der Waals surface area contributed by atoms with E-state index >= 15 is 0 Å². The number of halogens is 2. The molecular formula is C16H17F2NO. The van der Waals surface area contributed by atoms with Gasteiger partial charge in [0.15, 0.2) is 0 Å². The highest BCUT2D eigenvalue weighted by molar-refractivity contribution is 5.26. The van der Waals surface area contributed by atoms with E-state index in [9.17, 15) is 8.78 Å². The summed E-state index contributed by atoms with van der Waals surface area (Å²) in [6.45, 7) is 1.92. The van der Waals surface area contributed by atoms with Crippen LogP contribution in [0.1, 0.15) is 48.7 Å². The summed E-state index contributed by atoms with van der Waals surface area (Å²) < 4.78 is 32.0. The van der Waals surface area contributed by atoms with Crippen LogP contribution in [0.2, 0.25) is 0 Å². The largest absolute Gasteiger partial charge is 0.469 e. The highest BCUT2D eigenvalue weighted by Gasteiger charge is 2.24. The molecule has 1 N–H and O–H groups in total. The quantitative estimate of drug-likeness (QED) is 0.905. The minimum Gasteiger partial charge on any atom is -0.469 e. The van der Waals surface area contributed by atoms with Crippen LogP contribution in [0, 0.1) is 11.6 Å². The Morgan fingerprint density at radius 2 is 2.00 bits per heavy atom. The third-order valence-electron chi connectivity index (χ3n) is 3.89.